The van der Waals surface area contributed by atoms with Crippen LogP contribution >= 0.6 is 0 Å². The number of rotatable bonds is 4. The fourth-order valence-electron chi connectivity index (χ4n) is 2.26. The zero-order chi connectivity index (χ0) is 13.8. The number of ether oxygens (including phenoxy) is 1. The number of piperazine rings is 1. The summed E-state index contributed by atoms with van der Waals surface area (Å²) in [6.45, 7) is 1.89. The molecule has 19 heavy (non-hydrogen) atoms. The van der Waals surface area contributed by atoms with Crippen molar-refractivity contribution in [3.8, 4) is 5.75 Å². The van der Waals surface area contributed by atoms with E-state index in [-0.39, 0.29) is 12.5 Å². The van der Waals surface area contributed by atoms with Gasteiger partial charge in [0, 0.05) is 38.2 Å². The minimum Gasteiger partial charge on any atom is -0.494 e. The van der Waals surface area contributed by atoms with Crippen LogP contribution in [0.25, 0.3) is 0 Å². The SMILES string of the molecule is COc1cc(N)ncc1N1CCNC(CC(F)F)C1. The van der Waals surface area contributed by atoms with Crippen molar-refractivity contribution in [2.75, 3.05) is 37.4 Å². The number of alkyl halides is 2. The summed E-state index contributed by atoms with van der Waals surface area (Å²) in [5.41, 5.74) is 6.39. The number of nitrogens with two attached hydrogens (primary N) is 1. The number of nitrogens with zero attached hydrogens (tertiary/aromatic N) is 2. The van der Waals surface area contributed by atoms with Crippen LogP contribution in [0.1, 0.15) is 6.42 Å². The standard InChI is InChI=1S/C12H18F2N4O/c1-19-10-5-12(15)17-6-9(10)18-3-2-16-8(7-18)4-11(13)14/h5-6,8,11,16H,2-4,7H2,1H3,(H2,15,17). The molecular weight excluding hydrogens is 254 g/mol. The molecule has 0 radical (unpaired) electrons. The Bertz CT molecular complexity index is 430. The quantitative estimate of drug-likeness (QED) is 0.859. The van der Waals surface area contributed by atoms with Gasteiger partial charge >= 0.3 is 0 Å². The van der Waals surface area contributed by atoms with Crippen molar-refractivity contribution in [1.29, 1.82) is 0 Å². The van der Waals surface area contributed by atoms with Crippen molar-refractivity contribution < 1.29 is 13.5 Å². The fraction of sp³-hybridized carbons (Fsp3) is 0.583. The maximum absolute atomic E-state index is 12.4. The number of anilines is 2. The molecule has 1 unspecified atom stereocenters. The van der Waals surface area contributed by atoms with Gasteiger partial charge in [0.05, 0.1) is 19.0 Å². The lowest BCUT2D eigenvalue weighted by Crippen LogP contribution is -2.51. The Balaban J connectivity index is 2.12. The van der Waals surface area contributed by atoms with E-state index in [1.165, 1.54) is 0 Å². The summed E-state index contributed by atoms with van der Waals surface area (Å²) >= 11 is 0. The number of halogens is 2. The number of pyridine rings is 1. The summed E-state index contributed by atoms with van der Waals surface area (Å²) in [7, 11) is 1.55. The van der Waals surface area contributed by atoms with Crippen LogP contribution in [0, 0.1) is 0 Å². The second-order valence-corrected chi connectivity index (χ2v) is 4.50. The van der Waals surface area contributed by atoms with Gasteiger partial charge in [0.15, 0.2) is 0 Å². The molecule has 1 aliphatic rings. The topological polar surface area (TPSA) is 63.4 Å². The van der Waals surface area contributed by atoms with E-state index in [9.17, 15) is 8.78 Å². The molecule has 0 aliphatic carbocycles. The van der Waals surface area contributed by atoms with E-state index in [1.54, 1.807) is 19.4 Å². The largest absolute Gasteiger partial charge is 0.494 e. The van der Waals surface area contributed by atoms with E-state index in [2.05, 4.69) is 10.3 Å². The molecule has 0 bridgehead atoms. The Hall–Kier alpha value is -1.63. The lowest BCUT2D eigenvalue weighted by atomic mass is 10.1. The van der Waals surface area contributed by atoms with Gasteiger partial charge in [-0.05, 0) is 0 Å². The summed E-state index contributed by atoms with van der Waals surface area (Å²) in [6, 6.07) is 1.41. The number of aromatic nitrogens is 1. The van der Waals surface area contributed by atoms with Crippen molar-refractivity contribution in [2.45, 2.75) is 18.9 Å². The molecule has 0 saturated carbocycles. The highest BCUT2D eigenvalue weighted by atomic mass is 19.3. The maximum Gasteiger partial charge on any atom is 0.240 e. The predicted octanol–water partition coefficient (Wildman–Crippen LogP) is 1.11. The highest BCUT2D eigenvalue weighted by Crippen LogP contribution is 2.29. The predicted molar refractivity (Wildman–Crippen MR) is 69.8 cm³/mol. The van der Waals surface area contributed by atoms with Crippen LogP contribution in [-0.2, 0) is 0 Å². The molecule has 1 aliphatic heterocycles. The molecule has 2 heterocycles. The van der Waals surface area contributed by atoms with E-state index in [4.69, 9.17) is 10.5 Å². The smallest absolute Gasteiger partial charge is 0.240 e. The monoisotopic (exact) mass is 272 g/mol. The number of nitrogen functional groups attached to an aromatic ring is 1. The van der Waals surface area contributed by atoms with Crippen molar-refractivity contribution >= 4 is 11.5 Å². The van der Waals surface area contributed by atoms with E-state index in [0.29, 0.717) is 24.7 Å². The lowest BCUT2D eigenvalue weighted by Gasteiger charge is -2.35. The third kappa shape index (κ3) is 3.44. The van der Waals surface area contributed by atoms with Crippen molar-refractivity contribution in [1.82, 2.24) is 10.3 Å². The Kier molecular flexibility index (Phi) is 4.36. The van der Waals surface area contributed by atoms with Gasteiger partial charge in [-0.2, -0.15) is 0 Å². The normalized spacial score (nSPS) is 19.8. The van der Waals surface area contributed by atoms with Gasteiger partial charge in [0.25, 0.3) is 0 Å². The van der Waals surface area contributed by atoms with E-state index in [1.807, 2.05) is 4.90 Å². The van der Waals surface area contributed by atoms with Crippen LogP contribution in [0.15, 0.2) is 12.3 Å². The molecule has 0 aromatic carbocycles. The first-order chi connectivity index (χ1) is 9.10. The Morgan fingerprint density at radius 1 is 1.63 bits per heavy atom. The Labute approximate surface area is 110 Å². The molecule has 0 amide bonds. The summed E-state index contributed by atoms with van der Waals surface area (Å²) in [5.74, 6) is 0.991. The molecule has 1 aromatic heterocycles. The fourth-order valence-corrected chi connectivity index (χ4v) is 2.26. The van der Waals surface area contributed by atoms with E-state index in [0.717, 1.165) is 12.2 Å². The van der Waals surface area contributed by atoms with Gasteiger partial charge in [-0.1, -0.05) is 0 Å². The molecule has 5 nitrogen and oxygen atoms in total. The average Bonchev–Trinajstić information content (AvgIpc) is 2.38. The second-order valence-electron chi connectivity index (χ2n) is 4.50. The number of methoxy groups -OCH3 is 1. The zero-order valence-electron chi connectivity index (χ0n) is 10.8. The molecule has 2 rings (SSSR count). The van der Waals surface area contributed by atoms with Crippen molar-refractivity contribution in [3.63, 3.8) is 0 Å². The number of hydrogen-bond acceptors (Lipinski definition) is 5. The lowest BCUT2D eigenvalue weighted by molar-refractivity contribution is 0.121. The molecule has 3 N–H and O–H groups in total. The molecule has 106 valence electrons. The zero-order valence-corrected chi connectivity index (χ0v) is 10.8. The van der Waals surface area contributed by atoms with Crippen LogP contribution in [0.4, 0.5) is 20.3 Å². The molecule has 1 aromatic rings. The van der Waals surface area contributed by atoms with Gasteiger partial charge in [-0.3, -0.25) is 0 Å². The third-order valence-corrected chi connectivity index (χ3v) is 3.15. The second kappa shape index (κ2) is 6.01. The summed E-state index contributed by atoms with van der Waals surface area (Å²) in [4.78, 5) is 6.03. The first kappa shape index (κ1) is 13.8. The van der Waals surface area contributed by atoms with E-state index >= 15 is 0 Å². The van der Waals surface area contributed by atoms with Crippen molar-refractivity contribution in [2.24, 2.45) is 0 Å². The van der Waals surface area contributed by atoms with Crippen LogP contribution in [0.3, 0.4) is 0 Å². The van der Waals surface area contributed by atoms with Gasteiger partial charge in [-0.25, -0.2) is 13.8 Å². The van der Waals surface area contributed by atoms with Crippen molar-refractivity contribution in [3.05, 3.63) is 12.3 Å². The van der Waals surface area contributed by atoms with Crippen LogP contribution in [0.2, 0.25) is 0 Å². The van der Waals surface area contributed by atoms with Crippen LogP contribution in [0.5, 0.6) is 5.75 Å². The Morgan fingerprint density at radius 2 is 2.42 bits per heavy atom. The Morgan fingerprint density at radius 3 is 3.11 bits per heavy atom. The van der Waals surface area contributed by atoms with E-state index < -0.39 is 6.43 Å². The van der Waals surface area contributed by atoms with Crippen LogP contribution in [-0.4, -0.2) is 44.2 Å². The molecule has 1 fully saturated rings. The summed E-state index contributed by atoms with van der Waals surface area (Å²) in [5, 5.41) is 3.09. The van der Waals surface area contributed by atoms with Gasteiger partial charge < -0.3 is 20.7 Å². The molecule has 0 spiro atoms. The molecule has 1 atom stereocenters. The summed E-state index contributed by atoms with van der Waals surface area (Å²) in [6.07, 6.45) is -0.830. The van der Waals surface area contributed by atoms with Gasteiger partial charge in [0.1, 0.15) is 11.6 Å². The minimum atomic E-state index is -2.30. The number of nitrogens with one attached hydrogen (secondary N) is 1. The van der Waals surface area contributed by atoms with Gasteiger partial charge in [-0.15, -0.1) is 0 Å². The summed E-state index contributed by atoms with van der Waals surface area (Å²) < 4.78 is 30.1. The number of hydrogen-bond donors (Lipinski definition) is 2. The third-order valence-electron chi connectivity index (χ3n) is 3.15. The van der Waals surface area contributed by atoms with Gasteiger partial charge in [0.2, 0.25) is 6.43 Å². The molecule has 7 heteroatoms. The minimum absolute atomic E-state index is 0.152. The highest BCUT2D eigenvalue weighted by Gasteiger charge is 2.24. The first-order valence-corrected chi connectivity index (χ1v) is 6.16. The molecule has 1 saturated heterocycles. The maximum atomic E-state index is 12.4. The van der Waals surface area contributed by atoms with Crippen LogP contribution < -0.4 is 20.7 Å². The highest BCUT2D eigenvalue weighted by molar-refractivity contribution is 5.60. The average molecular weight is 272 g/mol. The molecular formula is C12H18F2N4O. The first-order valence-electron chi connectivity index (χ1n) is 6.16.